The molecule has 35 heavy (non-hydrogen) atoms. The molecular formula is C22H34N4O9. The molecule has 2 heterocycles. The van der Waals surface area contributed by atoms with E-state index in [4.69, 9.17) is 23.5 Å². The molecule has 0 bridgehead atoms. The first kappa shape index (κ1) is 28.2. The summed E-state index contributed by atoms with van der Waals surface area (Å²) in [7, 11) is 4.08. The van der Waals surface area contributed by atoms with Gasteiger partial charge in [0.25, 0.3) is 11.8 Å². The molecule has 1 aromatic heterocycles. The Morgan fingerprint density at radius 2 is 1.54 bits per heavy atom. The molecule has 1 aliphatic rings. The molecule has 1 aromatic rings. The molecule has 2 rings (SSSR count). The summed E-state index contributed by atoms with van der Waals surface area (Å²) in [6.07, 6.45) is 0.403. The number of rotatable bonds is 15. The van der Waals surface area contributed by atoms with Crippen LogP contribution in [0.4, 0.5) is 0 Å². The van der Waals surface area contributed by atoms with Gasteiger partial charge in [-0.15, -0.1) is 0 Å². The molecule has 0 saturated carbocycles. The maximum atomic E-state index is 13.0. The first-order valence-electron chi connectivity index (χ1n) is 11.1. The quantitative estimate of drug-likeness (QED) is 0.267. The van der Waals surface area contributed by atoms with Gasteiger partial charge in [-0.05, 0) is 24.4 Å². The third-order valence-electron chi connectivity index (χ3n) is 5.28. The van der Waals surface area contributed by atoms with E-state index in [0.29, 0.717) is 13.0 Å². The second kappa shape index (κ2) is 12.6. The second-order valence-electron chi connectivity index (χ2n) is 8.81. The predicted octanol–water partition coefficient (Wildman–Crippen LogP) is -0.552. The highest BCUT2D eigenvalue weighted by atomic mass is 16.6. The first-order valence-corrected chi connectivity index (χ1v) is 11.1. The Labute approximate surface area is 203 Å². The third kappa shape index (κ3) is 8.01. The highest BCUT2D eigenvalue weighted by Crippen LogP contribution is 2.29. The summed E-state index contributed by atoms with van der Waals surface area (Å²) in [6.45, 7) is 5.47. The van der Waals surface area contributed by atoms with E-state index in [1.165, 1.54) is 27.4 Å². The molecule has 13 heteroatoms. The monoisotopic (exact) mass is 498 g/mol. The van der Waals surface area contributed by atoms with Crippen LogP contribution in [0.1, 0.15) is 37.7 Å². The number of ether oxygens (including phenoxy) is 4. The molecule has 0 aromatic carbocycles. The smallest absolute Gasteiger partial charge is 0.290 e. The summed E-state index contributed by atoms with van der Waals surface area (Å²) >= 11 is 0. The summed E-state index contributed by atoms with van der Waals surface area (Å²) in [5, 5.41) is 11.3. The van der Waals surface area contributed by atoms with Gasteiger partial charge in [0.05, 0.1) is 39.0 Å². The van der Waals surface area contributed by atoms with Gasteiger partial charge < -0.3 is 39.4 Å². The van der Waals surface area contributed by atoms with Gasteiger partial charge in [0.1, 0.15) is 17.7 Å². The van der Waals surface area contributed by atoms with Crippen molar-refractivity contribution >= 4 is 23.5 Å². The minimum Gasteiger partial charge on any atom is -0.479 e. The molecule has 1 fully saturated rings. The molecule has 4 atom stereocenters. The lowest BCUT2D eigenvalue weighted by Crippen LogP contribution is -2.58. The number of carbonyl (C=O) groups excluding carboxylic acids is 4. The fraction of sp³-hybridized carbons (Fsp3) is 0.682. The zero-order valence-electron chi connectivity index (χ0n) is 20.8. The fourth-order valence-corrected chi connectivity index (χ4v) is 3.26. The number of nitrogens with one attached hydrogen (secondary N) is 3. The SMILES string of the molecule is COCC(NC(=O)c1cc(OC)no1)C(=O)N[C@@H](COC)C(=O)NC(CC(C)C)C(=O)C1(C)CO1. The van der Waals surface area contributed by atoms with Crippen LogP contribution >= 0.6 is 0 Å². The van der Waals surface area contributed by atoms with Gasteiger partial charge in [0, 0.05) is 14.2 Å². The van der Waals surface area contributed by atoms with Gasteiger partial charge in [-0.25, -0.2) is 0 Å². The van der Waals surface area contributed by atoms with Crippen LogP contribution in [0.25, 0.3) is 0 Å². The average molecular weight is 499 g/mol. The Morgan fingerprint density at radius 1 is 1.00 bits per heavy atom. The van der Waals surface area contributed by atoms with Gasteiger partial charge in [0.2, 0.25) is 17.6 Å². The average Bonchev–Trinajstić information content (AvgIpc) is 3.37. The van der Waals surface area contributed by atoms with Gasteiger partial charge in [0.15, 0.2) is 5.78 Å². The van der Waals surface area contributed by atoms with Crippen molar-refractivity contribution in [2.45, 2.75) is 50.9 Å². The van der Waals surface area contributed by atoms with Crippen molar-refractivity contribution in [3.05, 3.63) is 11.8 Å². The summed E-state index contributed by atoms with van der Waals surface area (Å²) in [6, 6.07) is -1.83. The molecule has 3 amide bonds. The van der Waals surface area contributed by atoms with E-state index >= 15 is 0 Å². The van der Waals surface area contributed by atoms with E-state index < -0.39 is 41.4 Å². The molecule has 3 N–H and O–H groups in total. The van der Waals surface area contributed by atoms with Gasteiger partial charge >= 0.3 is 0 Å². The van der Waals surface area contributed by atoms with Crippen LogP contribution in [0.5, 0.6) is 5.88 Å². The highest BCUT2D eigenvalue weighted by Gasteiger charge is 2.50. The Kier molecular flexibility index (Phi) is 10.2. The van der Waals surface area contributed by atoms with E-state index in [2.05, 4.69) is 21.1 Å². The Morgan fingerprint density at radius 3 is 2.00 bits per heavy atom. The molecule has 196 valence electrons. The zero-order valence-corrected chi connectivity index (χ0v) is 20.8. The topological polar surface area (TPSA) is 171 Å². The van der Waals surface area contributed by atoms with E-state index in [9.17, 15) is 19.2 Å². The Balaban J connectivity index is 2.08. The summed E-state index contributed by atoms with van der Waals surface area (Å²) in [5.74, 6) is -2.22. The standard InChI is InChI=1S/C22H34N4O9/c1-12(2)7-13(18(27)22(3)11-34-22)23-19(28)14(9-31-4)24-20(29)15(10-32-5)25-21(30)16-8-17(33-6)26-35-16/h8,12-15H,7,9-11H2,1-6H3,(H,23,28)(H,24,29)(H,25,30)/t13?,14-,15?,22?/m0/s1. The molecule has 0 spiro atoms. The predicted molar refractivity (Wildman–Crippen MR) is 121 cm³/mol. The van der Waals surface area contributed by atoms with Crippen LogP contribution in [0.2, 0.25) is 0 Å². The second-order valence-corrected chi connectivity index (χ2v) is 8.81. The number of carbonyl (C=O) groups is 4. The van der Waals surface area contributed by atoms with Crippen molar-refractivity contribution in [2.24, 2.45) is 5.92 Å². The van der Waals surface area contributed by atoms with Gasteiger partial charge in [-0.3, -0.25) is 19.2 Å². The summed E-state index contributed by atoms with van der Waals surface area (Å²) in [5.41, 5.74) is -0.913. The van der Waals surface area contributed by atoms with Crippen LogP contribution in [-0.4, -0.2) is 93.5 Å². The summed E-state index contributed by atoms with van der Waals surface area (Å²) < 4.78 is 25.1. The first-order chi connectivity index (χ1) is 16.5. The van der Waals surface area contributed by atoms with E-state index in [-0.39, 0.29) is 36.6 Å². The molecule has 1 saturated heterocycles. The van der Waals surface area contributed by atoms with Crippen LogP contribution in [0, 0.1) is 5.92 Å². The van der Waals surface area contributed by atoms with E-state index in [0.717, 1.165) is 0 Å². The molecule has 0 radical (unpaired) electrons. The van der Waals surface area contributed by atoms with Gasteiger partial charge in [-0.2, -0.15) is 0 Å². The lowest BCUT2D eigenvalue weighted by atomic mass is 9.93. The Bertz CT molecular complexity index is 897. The number of Topliss-reactive ketones (excluding diaryl/α,β-unsaturated/α-hetero) is 1. The number of aromatic nitrogens is 1. The van der Waals surface area contributed by atoms with E-state index in [1.54, 1.807) is 6.92 Å². The van der Waals surface area contributed by atoms with Crippen LogP contribution < -0.4 is 20.7 Å². The number of hydrogen-bond donors (Lipinski definition) is 3. The number of hydrogen-bond acceptors (Lipinski definition) is 10. The van der Waals surface area contributed by atoms with Gasteiger partial charge in [-0.1, -0.05) is 13.8 Å². The van der Waals surface area contributed by atoms with E-state index in [1.807, 2.05) is 13.8 Å². The number of ketones is 1. The third-order valence-corrected chi connectivity index (χ3v) is 5.28. The number of epoxide rings is 1. The van der Waals surface area contributed by atoms with Crippen LogP contribution in [0.3, 0.4) is 0 Å². The van der Waals surface area contributed by atoms with Crippen molar-refractivity contribution in [3.63, 3.8) is 0 Å². The summed E-state index contributed by atoms with van der Waals surface area (Å²) in [4.78, 5) is 51.2. The molecule has 13 nitrogen and oxygen atoms in total. The molecular weight excluding hydrogens is 464 g/mol. The number of nitrogens with zero attached hydrogens (tertiary/aromatic N) is 1. The number of amides is 3. The number of methoxy groups -OCH3 is 3. The maximum Gasteiger partial charge on any atom is 0.290 e. The van der Waals surface area contributed by atoms with Crippen molar-refractivity contribution in [1.82, 2.24) is 21.1 Å². The largest absolute Gasteiger partial charge is 0.479 e. The Hall–Kier alpha value is -3.03. The van der Waals surface area contributed by atoms with Crippen molar-refractivity contribution in [2.75, 3.05) is 41.2 Å². The minimum absolute atomic E-state index is 0.0932. The maximum absolute atomic E-state index is 13.0. The normalized spacial score (nSPS) is 19.4. The van der Waals surface area contributed by atoms with Crippen molar-refractivity contribution in [3.8, 4) is 5.88 Å². The minimum atomic E-state index is -1.16. The molecule has 1 aliphatic heterocycles. The van der Waals surface area contributed by atoms with Crippen LogP contribution in [0.15, 0.2) is 10.6 Å². The fourth-order valence-electron chi connectivity index (χ4n) is 3.26. The van der Waals surface area contributed by atoms with Crippen molar-refractivity contribution < 1.29 is 42.6 Å². The molecule has 3 unspecified atom stereocenters. The van der Waals surface area contributed by atoms with Crippen molar-refractivity contribution in [1.29, 1.82) is 0 Å². The van der Waals surface area contributed by atoms with Crippen LogP contribution in [-0.2, 0) is 28.6 Å². The zero-order chi connectivity index (χ0) is 26.2. The molecule has 0 aliphatic carbocycles. The lowest BCUT2D eigenvalue weighted by molar-refractivity contribution is -0.134. The lowest BCUT2D eigenvalue weighted by Gasteiger charge is -2.26. The highest BCUT2D eigenvalue weighted by molar-refractivity contribution is 5.99.